The molecular formula is C22H35NO4. The molecule has 0 atom stereocenters. The minimum absolute atomic E-state index is 0.305. The zero-order valence-corrected chi connectivity index (χ0v) is 16.5. The number of carboxylic acids is 1. The molecule has 0 spiro atoms. The number of amides is 1. The number of hydrogen-bond donors (Lipinski definition) is 2. The van der Waals surface area contributed by atoms with E-state index in [0.717, 1.165) is 37.7 Å². The smallest absolute Gasteiger partial charge is 0.407 e. The Labute approximate surface area is 163 Å². The lowest BCUT2D eigenvalue weighted by atomic mass is 10.1. The number of hydrogen-bond acceptors (Lipinski definition) is 3. The van der Waals surface area contributed by atoms with Crippen LogP contribution in [0.15, 0.2) is 30.3 Å². The van der Waals surface area contributed by atoms with Gasteiger partial charge in [-0.2, -0.15) is 0 Å². The molecule has 0 saturated heterocycles. The van der Waals surface area contributed by atoms with Gasteiger partial charge in [-0.05, 0) is 18.4 Å². The molecule has 0 aromatic heterocycles. The monoisotopic (exact) mass is 377 g/mol. The molecule has 0 heterocycles. The van der Waals surface area contributed by atoms with Crippen LogP contribution in [0, 0.1) is 0 Å². The molecule has 0 aliphatic heterocycles. The first kappa shape index (κ1) is 23.0. The Morgan fingerprint density at radius 2 is 1.30 bits per heavy atom. The van der Waals surface area contributed by atoms with E-state index in [1.165, 1.54) is 38.5 Å². The van der Waals surface area contributed by atoms with Crippen molar-refractivity contribution in [1.82, 2.24) is 5.32 Å². The lowest BCUT2D eigenvalue weighted by molar-refractivity contribution is -0.137. The van der Waals surface area contributed by atoms with E-state index in [1.54, 1.807) is 0 Å². The predicted octanol–water partition coefficient (Wildman–Crippen LogP) is 5.68. The maximum Gasteiger partial charge on any atom is 0.407 e. The third-order valence-corrected chi connectivity index (χ3v) is 4.55. The maximum absolute atomic E-state index is 11.6. The number of rotatable bonds is 16. The van der Waals surface area contributed by atoms with Crippen molar-refractivity contribution in [3.63, 3.8) is 0 Å². The number of carboxylic acid groups (broad SMARTS) is 1. The minimum Gasteiger partial charge on any atom is -0.481 e. The average molecular weight is 378 g/mol. The van der Waals surface area contributed by atoms with Crippen LogP contribution >= 0.6 is 0 Å². The second-order valence-electron chi connectivity index (χ2n) is 7.02. The Bertz CT molecular complexity index is 504. The Hall–Kier alpha value is -2.04. The Balaban J connectivity index is 1.78. The summed E-state index contributed by atoms with van der Waals surface area (Å²) < 4.78 is 5.17. The predicted molar refractivity (Wildman–Crippen MR) is 108 cm³/mol. The van der Waals surface area contributed by atoms with E-state index >= 15 is 0 Å². The number of alkyl carbamates (subject to hydrolysis) is 1. The standard InChI is InChI=1S/C22H35NO4/c24-21(25)17-13-8-6-4-2-1-3-5-7-9-14-18-23-22(26)27-19-20-15-11-10-12-16-20/h10-12,15-16H,1-9,13-14,17-19H2,(H,23,26)(H,24,25). The molecule has 0 aliphatic carbocycles. The van der Waals surface area contributed by atoms with Crippen LogP contribution in [0.5, 0.6) is 0 Å². The van der Waals surface area contributed by atoms with Crippen LogP contribution in [0.3, 0.4) is 0 Å². The van der Waals surface area contributed by atoms with Gasteiger partial charge in [0, 0.05) is 13.0 Å². The number of unbranched alkanes of at least 4 members (excludes halogenated alkanes) is 10. The molecule has 0 radical (unpaired) electrons. The maximum atomic E-state index is 11.6. The van der Waals surface area contributed by atoms with Gasteiger partial charge in [0.05, 0.1) is 0 Å². The highest BCUT2D eigenvalue weighted by atomic mass is 16.5. The fraction of sp³-hybridized carbons (Fsp3) is 0.636. The van der Waals surface area contributed by atoms with Crippen molar-refractivity contribution in [2.24, 2.45) is 0 Å². The van der Waals surface area contributed by atoms with Crippen LogP contribution in [0.25, 0.3) is 0 Å². The van der Waals surface area contributed by atoms with Crippen LogP contribution < -0.4 is 5.32 Å². The highest BCUT2D eigenvalue weighted by Gasteiger charge is 2.01. The first-order valence-corrected chi connectivity index (χ1v) is 10.3. The second kappa shape index (κ2) is 16.2. The van der Waals surface area contributed by atoms with Gasteiger partial charge in [-0.3, -0.25) is 4.79 Å². The molecule has 0 aliphatic rings. The van der Waals surface area contributed by atoms with Crippen molar-refractivity contribution in [2.75, 3.05) is 6.54 Å². The van der Waals surface area contributed by atoms with Crippen molar-refractivity contribution in [2.45, 2.75) is 83.7 Å². The SMILES string of the molecule is O=C(O)CCCCCCCCCCCCCNC(=O)OCc1ccccc1. The molecule has 0 unspecified atom stereocenters. The number of carbonyl (C=O) groups is 2. The summed E-state index contributed by atoms with van der Waals surface area (Å²) in [6.45, 7) is 0.982. The lowest BCUT2D eigenvalue weighted by Gasteiger charge is -2.07. The Morgan fingerprint density at radius 3 is 1.85 bits per heavy atom. The van der Waals surface area contributed by atoms with Crippen LogP contribution in [-0.4, -0.2) is 23.7 Å². The minimum atomic E-state index is -0.686. The summed E-state index contributed by atoms with van der Waals surface area (Å²) in [6, 6.07) is 9.67. The van der Waals surface area contributed by atoms with E-state index in [2.05, 4.69) is 5.32 Å². The van der Waals surface area contributed by atoms with E-state index in [4.69, 9.17) is 9.84 Å². The molecule has 152 valence electrons. The fourth-order valence-corrected chi connectivity index (χ4v) is 2.96. The van der Waals surface area contributed by atoms with Crippen LogP contribution in [0.4, 0.5) is 4.79 Å². The van der Waals surface area contributed by atoms with Crippen LogP contribution in [0.2, 0.25) is 0 Å². The summed E-state index contributed by atoms with van der Waals surface area (Å²) in [7, 11) is 0. The summed E-state index contributed by atoms with van der Waals surface area (Å²) in [6.07, 6.45) is 12.5. The molecule has 0 fully saturated rings. The first-order valence-electron chi connectivity index (χ1n) is 10.3. The van der Waals surface area contributed by atoms with E-state index < -0.39 is 5.97 Å². The van der Waals surface area contributed by atoms with E-state index in [9.17, 15) is 9.59 Å². The van der Waals surface area contributed by atoms with Gasteiger partial charge in [-0.1, -0.05) is 88.1 Å². The summed E-state index contributed by atoms with van der Waals surface area (Å²) in [5.74, 6) is -0.686. The fourth-order valence-electron chi connectivity index (χ4n) is 2.96. The molecule has 5 heteroatoms. The van der Waals surface area contributed by atoms with Gasteiger partial charge in [0.2, 0.25) is 0 Å². The van der Waals surface area contributed by atoms with Crippen molar-refractivity contribution in [1.29, 1.82) is 0 Å². The number of ether oxygens (including phenoxy) is 1. The van der Waals surface area contributed by atoms with Gasteiger partial charge in [0.1, 0.15) is 6.61 Å². The summed E-state index contributed by atoms with van der Waals surface area (Å²) in [5, 5.41) is 11.4. The Morgan fingerprint density at radius 1 is 0.778 bits per heavy atom. The summed E-state index contributed by atoms with van der Waals surface area (Å²) >= 11 is 0. The summed E-state index contributed by atoms with van der Waals surface area (Å²) in [5.41, 5.74) is 0.993. The van der Waals surface area contributed by atoms with Gasteiger partial charge >= 0.3 is 12.1 Å². The zero-order chi connectivity index (χ0) is 19.6. The molecule has 1 aromatic carbocycles. The molecule has 1 aromatic rings. The quantitative estimate of drug-likeness (QED) is 0.363. The van der Waals surface area contributed by atoms with Gasteiger partial charge in [0.25, 0.3) is 0 Å². The first-order chi connectivity index (χ1) is 13.2. The number of benzene rings is 1. The van der Waals surface area contributed by atoms with E-state index in [-0.39, 0.29) is 6.09 Å². The second-order valence-corrected chi connectivity index (χ2v) is 7.02. The molecule has 1 amide bonds. The number of nitrogens with one attached hydrogen (secondary N) is 1. The third-order valence-electron chi connectivity index (χ3n) is 4.55. The van der Waals surface area contributed by atoms with Crippen LogP contribution in [-0.2, 0) is 16.1 Å². The molecule has 1 rings (SSSR count). The van der Waals surface area contributed by atoms with Crippen LogP contribution in [0.1, 0.15) is 82.6 Å². The largest absolute Gasteiger partial charge is 0.481 e. The van der Waals surface area contributed by atoms with Crippen molar-refractivity contribution in [3.05, 3.63) is 35.9 Å². The molecule has 5 nitrogen and oxygen atoms in total. The van der Waals surface area contributed by atoms with Gasteiger partial charge in [0.15, 0.2) is 0 Å². The van der Waals surface area contributed by atoms with E-state index in [1.807, 2.05) is 30.3 Å². The molecule has 0 bridgehead atoms. The highest BCUT2D eigenvalue weighted by Crippen LogP contribution is 2.12. The van der Waals surface area contributed by atoms with Gasteiger partial charge in [-0.25, -0.2) is 4.79 Å². The molecular weight excluding hydrogens is 342 g/mol. The molecule has 2 N–H and O–H groups in total. The number of aliphatic carboxylic acids is 1. The summed E-state index contributed by atoms with van der Waals surface area (Å²) in [4.78, 5) is 22.0. The molecule has 27 heavy (non-hydrogen) atoms. The van der Waals surface area contributed by atoms with E-state index in [0.29, 0.717) is 19.6 Å². The Kier molecular flexibility index (Phi) is 13.8. The lowest BCUT2D eigenvalue weighted by Crippen LogP contribution is -2.25. The van der Waals surface area contributed by atoms with Gasteiger partial charge < -0.3 is 15.2 Å². The number of carbonyl (C=O) groups excluding carboxylic acids is 1. The normalized spacial score (nSPS) is 10.5. The zero-order valence-electron chi connectivity index (χ0n) is 16.5. The van der Waals surface area contributed by atoms with Crippen molar-refractivity contribution >= 4 is 12.1 Å². The third kappa shape index (κ3) is 14.8. The topological polar surface area (TPSA) is 75.6 Å². The van der Waals surface area contributed by atoms with Gasteiger partial charge in [-0.15, -0.1) is 0 Å². The molecule has 0 saturated carbocycles. The average Bonchev–Trinajstić information content (AvgIpc) is 2.67. The van der Waals surface area contributed by atoms with Crippen molar-refractivity contribution in [3.8, 4) is 0 Å². The van der Waals surface area contributed by atoms with Crippen molar-refractivity contribution < 1.29 is 19.4 Å². The highest BCUT2D eigenvalue weighted by molar-refractivity contribution is 5.67.